The van der Waals surface area contributed by atoms with E-state index in [0.29, 0.717) is 37.5 Å². The van der Waals surface area contributed by atoms with Crippen molar-refractivity contribution in [2.45, 2.75) is 12.0 Å². The number of fused-ring (bicyclic) bond motifs is 2. The van der Waals surface area contributed by atoms with Crippen molar-refractivity contribution < 1.29 is 18.8 Å². The average Bonchev–Trinajstić information content (AvgIpc) is 3.61. The van der Waals surface area contributed by atoms with Gasteiger partial charge in [0.05, 0.1) is 18.2 Å². The summed E-state index contributed by atoms with van der Waals surface area (Å²) in [6, 6.07) is 18.2. The van der Waals surface area contributed by atoms with Crippen molar-refractivity contribution in [3.8, 4) is 0 Å². The number of nitrogens with one attached hydrogen (secondary N) is 1. The third kappa shape index (κ3) is 3.48. The Labute approximate surface area is 208 Å². The second-order valence-corrected chi connectivity index (χ2v) is 9.31. The van der Waals surface area contributed by atoms with Crippen LogP contribution in [0.1, 0.15) is 44.0 Å². The number of hydrogen-bond donors (Lipinski definition) is 1. The number of amides is 3. The molecule has 1 N–H and O–H groups in total. The molecule has 0 radical (unpaired) electrons. The minimum Gasteiger partial charge on any atom is -0.459 e. The van der Waals surface area contributed by atoms with E-state index in [1.54, 1.807) is 35.0 Å². The van der Waals surface area contributed by atoms with Gasteiger partial charge in [-0.3, -0.25) is 14.4 Å². The lowest BCUT2D eigenvalue weighted by Gasteiger charge is -2.43. The quantitative estimate of drug-likeness (QED) is 0.483. The van der Waals surface area contributed by atoms with E-state index in [9.17, 15) is 14.4 Å². The lowest BCUT2D eigenvalue weighted by atomic mass is 9.79. The van der Waals surface area contributed by atoms with Gasteiger partial charge >= 0.3 is 0 Å². The molecule has 2 unspecified atom stereocenters. The Morgan fingerprint density at radius 2 is 1.61 bits per heavy atom. The largest absolute Gasteiger partial charge is 0.459 e. The summed E-state index contributed by atoms with van der Waals surface area (Å²) in [7, 11) is 1.77. The number of aromatic amines is 1. The molecule has 8 nitrogen and oxygen atoms in total. The summed E-state index contributed by atoms with van der Waals surface area (Å²) < 4.78 is 5.26. The monoisotopic (exact) mass is 482 g/mol. The van der Waals surface area contributed by atoms with Gasteiger partial charge in [0.15, 0.2) is 5.76 Å². The van der Waals surface area contributed by atoms with E-state index in [0.717, 1.165) is 22.0 Å². The third-order valence-corrected chi connectivity index (χ3v) is 7.40. The number of aromatic nitrogens is 1. The number of piperazine rings is 1. The molecular formula is C28H26N4O4. The standard InChI is InChI=1S/C28H26N4O4/c1-30-25(21-17-29-22-10-5-4-7-18(21)22)24(19-8-2-3-9-20(19)26(30)33)28(35)32-14-12-31(13-15-32)27(34)23-11-6-16-36-23/h2-11,16-17,24-25,29H,12-15H2,1H3. The van der Waals surface area contributed by atoms with Gasteiger partial charge in [0, 0.05) is 61.5 Å². The van der Waals surface area contributed by atoms with Gasteiger partial charge in [0.1, 0.15) is 0 Å². The molecule has 8 heteroatoms. The first-order valence-corrected chi connectivity index (χ1v) is 12.1. The predicted octanol–water partition coefficient (Wildman–Crippen LogP) is 3.66. The molecule has 6 rings (SSSR count). The molecule has 2 atom stereocenters. The molecule has 2 aliphatic heterocycles. The summed E-state index contributed by atoms with van der Waals surface area (Å²) in [4.78, 5) is 48.8. The number of carbonyl (C=O) groups is 3. The zero-order valence-corrected chi connectivity index (χ0v) is 19.9. The van der Waals surface area contributed by atoms with Crippen LogP contribution in [0.2, 0.25) is 0 Å². The van der Waals surface area contributed by atoms with Crippen LogP contribution in [-0.4, -0.2) is 70.6 Å². The first-order valence-electron chi connectivity index (χ1n) is 12.1. The number of para-hydroxylation sites is 1. The Morgan fingerprint density at radius 1 is 0.889 bits per heavy atom. The fourth-order valence-electron chi connectivity index (χ4n) is 5.55. The maximum atomic E-state index is 14.2. The molecule has 36 heavy (non-hydrogen) atoms. The van der Waals surface area contributed by atoms with Crippen LogP contribution < -0.4 is 0 Å². The molecule has 1 fully saturated rings. The lowest BCUT2D eigenvalue weighted by molar-refractivity contribution is -0.136. The fourth-order valence-corrected chi connectivity index (χ4v) is 5.55. The normalized spacial score (nSPS) is 20.0. The summed E-state index contributed by atoms with van der Waals surface area (Å²) in [6.07, 6.45) is 3.39. The van der Waals surface area contributed by atoms with Crippen molar-refractivity contribution in [1.29, 1.82) is 0 Å². The van der Waals surface area contributed by atoms with E-state index in [-0.39, 0.29) is 17.7 Å². The molecule has 4 heterocycles. The number of nitrogens with zero attached hydrogens (tertiary/aromatic N) is 3. The third-order valence-electron chi connectivity index (χ3n) is 7.40. The van der Waals surface area contributed by atoms with Gasteiger partial charge in [-0.2, -0.15) is 0 Å². The number of likely N-dealkylation sites (N-methyl/N-ethyl adjacent to an activating group) is 1. The number of benzene rings is 2. The van der Waals surface area contributed by atoms with Gasteiger partial charge < -0.3 is 24.1 Å². The van der Waals surface area contributed by atoms with Crippen molar-refractivity contribution in [2.24, 2.45) is 0 Å². The maximum Gasteiger partial charge on any atom is 0.289 e. The molecule has 3 amide bonds. The van der Waals surface area contributed by atoms with Gasteiger partial charge in [-0.1, -0.05) is 36.4 Å². The Hall–Kier alpha value is -4.33. The molecule has 4 aromatic rings. The van der Waals surface area contributed by atoms with Crippen LogP contribution in [-0.2, 0) is 4.79 Å². The highest BCUT2D eigenvalue weighted by molar-refractivity contribution is 6.02. The zero-order chi connectivity index (χ0) is 24.8. The number of hydrogen-bond acceptors (Lipinski definition) is 4. The SMILES string of the molecule is CN1C(=O)c2ccccc2C(C(=O)N2CCN(C(=O)c3ccco3)CC2)C1c1c[nH]c2ccccc12. The first kappa shape index (κ1) is 22.2. The van der Waals surface area contributed by atoms with Crippen molar-refractivity contribution >= 4 is 28.6 Å². The Kier molecular flexibility index (Phi) is 5.36. The van der Waals surface area contributed by atoms with Gasteiger partial charge in [0.2, 0.25) is 5.91 Å². The number of carbonyl (C=O) groups excluding carboxylic acids is 3. The summed E-state index contributed by atoms with van der Waals surface area (Å²) in [6.45, 7) is 1.68. The van der Waals surface area contributed by atoms with Crippen molar-refractivity contribution in [3.63, 3.8) is 0 Å². The smallest absolute Gasteiger partial charge is 0.289 e. The molecule has 0 aliphatic carbocycles. The molecule has 2 aliphatic rings. The van der Waals surface area contributed by atoms with E-state index in [2.05, 4.69) is 4.98 Å². The molecule has 2 aromatic heterocycles. The average molecular weight is 483 g/mol. The van der Waals surface area contributed by atoms with Crippen molar-refractivity contribution in [2.75, 3.05) is 33.2 Å². The van der Waals surface area contributed by atoms with Crippen LogP contribution in [0.15, 0.2) is 77.5 Å². The highest BCUT2D eigenvalue weighted by atomic mass is 16.3. The summed E-state index contributed by atoms with van der Waals surface area (Å²) in [5.74, 6) is -0.566. The Balaban J connectivity index is 1.34. The van der Waals surface area contributed by atoms with Gasteiger partial charge in [-0.25, -0.2) is 0 Å². The van der Waals surface area contributed by atoms with Crippen LogP contribution in [0.5, 0.6) is 0 Å². The number of rotatable bonds is 3. The second-order valence-electron chi connectivity index (χ2n) is 9.31. The van der Waals surface area contributed by atoms with E-state index >= 15 is 0 Å². The van der Waals surface area contributed by atoms with Crippen LogP contribution in [0.25, 0.3) is 10.9 Å². The maximum absolute atomic E-state index is 14.2. The van der Waals surface area contributed by atoms with E-state index in [4.69, 9.17) is 4.42 Å². The predicted molar refractivity (Wildman–Crippen MR) is 134 cm³/mol. The van der Waals surface area contributed by atoms with Crippen molar-refractivity contribution in [3.05, 3.63) is 95.6 Å². The minimum atomic E-state index is -0.560. The molecule has 2 aromatic carbocycles. The minimum absolute atomic E-state index is 0.0396. The van der Waals surface area contributed by atoms with Gasteiger partial charge in [-0.05, 0) is 29.8 Å². The molecule has 182 valence electrons. The second kappa shape index (κ2) is 8.71. The number of H-pyrrole nitrogens is 1. The van der Waals surface area contributed by atoms with Gasteiger partial charge in [-0.15, -0.1) is 0 Å². The molecule has 0 spiro atoms. The molecular weight excluding hydrogens is 456 g/mol. The van der Waals surface area contributed by atoms with Crippen LogP contribution in [0, 0.1) is 0 Å². The summed E-state index contributed by atoms with van der Waals surface area (Å²) >= 11 is 0. The van der Waals surface area contributed by atoms with E-state index in [1.807, 2.05) is 53.6 Å². The fraction of sp³-hybridized carbons (Fsp3) is 0.250. The lowest BCUT2D eigenvalue weighted by Crippen LogP contribution is -2.54. The van der Waals surface area contributed by atoms with Crippen LogP contribution >= 0.6 is 0 Å². The Bertz CT molecular complexity index is 1450. The van der Waals surface area contributed by atoms with Gasteiger partial charge in [0.25, 0.3) is 11.8 Å². The topological polar surface area (TPSA) is 89.9 Å². The highest BCUT2D eigenvalue weighted by Crippen LogP contribution is 2.45. The van der Waals surface area contributed by atoms with Crippen LogP contribution in [0.3, 0.4) is 0 Å². The summed E-state index contributed by atoms with van der Waals surface area (Å²) in [5.41, 5.74) is 3.18. The van der Waals surface area contributed by atoms with Crippen LogP contribution in [0.4, 0.5) is 0 Å². The summed E-state index contributed by atoms with van der Waals surface area (Å²) in [5, 5.41) is 0.994. The molecule has 1 saturated heterocycles. The Morgan fingerprint density at radius 3 is 2.39 bits per heavy atom. The molecule has 0 bridgehead atoms. The van der Waals surface area contributed by atoms with E-state index in [1.165, 1.54) is 6.26 Å². The zero-order valence-electron chi connectivity index (χ0n) is 19.9. The molecule has 0 saturated carbocycles. The van der Waals surface area contributed by atoms with Crippen molar-refractivity contribution in [1.82, 2.24) is 19.7 Å². The van der Waals surface area contributed by atoms with E-state index < -0.39 is 12.0 Å². The number of furan rings is 1. The highest BCUT2D eigenvalue weighted by Gasteiger charge is 2.45. The first-order chi connectivity index (χ1) is 17.5.